The van der Waals surface area contributed by atoms with Crippen LogP contribution in [0.2, 0.25) is 0 Å². The zero-order chi connectivity index (χ0) is 12.8. The third-order valence-corrected chi connectivity index (χ3v) is 2.33. The summed E-state index contributed by atoms with van der Waals surface area (Å²) in [6.45, 7) is 0.0776. The van der Waals surface area contributed by atoms with Gasteiger partial charge in [0.1, 0.15) is 13.2 Å². The monoisotopic (exact) mass is 244 g/mol. The second-order valence-corrected chi connectivity index (χ2v) is 3.69. The Hall–Kier alpha value is -2.43. The highest BCUT2D eigenvalue weighted by Gasteiger charge is 2.05. The fraction of sp³-hybridized carbons (Fsp3) is 0.154. The van der Waals surface area contributed by atoms with Crippen LogP contribution in [0.5, 0.6) is 0 Å². The van der Waals surface area contributed by atoms with E-state index in [1.165, 1.54) is 23.2 Å². The maximum atomic E-state index is 11.5. The molecule has 0 bridgehead atoms. The summed E-state index contributed by atoms with van der Waals surface area (Å²) in [5.41, 5.74) is 0.631. The van der Waals surface area contributed by atoms with Crippen molar-refractivity contribution in [2.45, 2.75) is 13.2 Å². The fourth-order valence-corrected chi connectivity index (χ4v) is 1.42. The zero-order valence-electron chi connectivity index (χ0n) is 9.65. The Morgan fingerprint density at radius 3 is 2.72 bits per heavy atom. The lowest BCUT2D eigenvalue weighted by molar-refractivity contribution is -0.145. The van der Waals surface area contributed by atoms with Crippen LogP contribution in [0, 0.1) is 0 Å². The van der Waals surface area contributed by atoms with E-state index in [-0.39, 0.29) is 18.7 Å². The van der Waals surface area contributed by atoms with Gasteiger partial charge >= 0.3 is 5.97 Å². The molecule has 0 N–H and O–H groups in total. The van der Waals surface area contributed by atoms with E-state index in [9.17, 15) is 9.59 Å². The molecular weight excluding hydrogens is 232 g/mol. The van der Waals surface area contributed by atoms with E-state index in [1.807, 2.05) is 30.3 Å². The van der Waals surface area contributed by atoms with Crippen molar-refractivity contribution in [3.63, 3.8) is 0 Å². The lowest BCUT2D eigenvalue weighted by Gasteiger charge is -2.06. The van der Waals surface area contributed by atoms with E-state index in [2.05, 4.69) is 4.98 Å². The summed E-state index contributed by atoms with van der Waals surface area (Å²) >= 11 is 0. The molecule has 2 rings (SSSR count). The number of carbonyl (C=O) groups is 1. The highest BCUT2D eigenvalue weighted by atomic mass is 16.5. The van der Waals surface area contributed by atoms with Crippen molar-refractivity contribution < 1.29 is 9.53 Å². The Kier molecular flexibility index (Phi) is 3.86. The molecule has 5 nitrogen and oxygen atoms in total. The number of nitrogens with zero attached hydrogens (tertiary/aromatic N) is 2. The van der Waals surface area contributed by atoms with Gasteiger partial charge in [-0.05, 0) is 5.56 Å². The van der Waals surface area contributed by atoms with Crippen LogP contribution >= 0.6 is 0 Å². The summed E-state index contributed by atoms with van der Waals surface area (Å²) in [6.07, 6.45) is 2.69. The van der Waals surface area contributed by atoms with Crippen molar-refractivity contribution in [3.05, 3.63) is 64.8 Å². The van der Waals surface area contributed by atoms with E-state index >= 15 is 0 Å². The third kappa shape index (κ3) is 3.28. The van der Waals surface area contributed by atoms with E-state index in [0.717, 1.165) is 5.56 Å². The molecule has 0 fully saturated rings. The molecule has 1 heterocycles. The average Bonchev–Trinajstić information content (AvgIpc) is 2.40. The second kappa shape index (κ2) is 5.77. The van der Waals surface area contributed by atoms with Crippen LogP contribution < -0.4 is 5.56 Å². The lowest BCUT2D eigenvalue weighted by Crippen LogP contribution is -2.24. The van der Waals surface area contributed by atoms with Crippen LogP contribution in [-0.4, -0.2) is 15.5 Å². The van der Waals surface area contributed by atoms with Gasteiger partial charge in [-0.2, -0.15) is 0 Å². The summed E-state index contributed by atoms with van der Waals surface area (Å²) in [7, 11) is 0. The predicted octanol–water partition coefficient (Wildman–Crippen LogP) is 0.987. The largest absolute Gasteiger partial charge is 0.459 e. The Morgan fingerprint density at radius 2 is 2.00 bits per heavy atom. The maximum Gasteiger partial charge on any atom is 0.326 e. The Balaban J connectivity index is 1.90. The summed E-state index contributed by atoms with van der Waals surface area (Å²) < 4.78 is 6.26. The molecule has 0 unspecified atom stereocenters. The SMILES string of the molecule is O=C(Cn1cnccc1=O)OCc1ccccc1. The number of hydrogen-bond acceptors (Lipinski definition) is 4. The van der Waals surface area contributed by atoms with E-state index in [0.29, 0.717) is 0 Å². The van der Waals surface area contributed by atoms with Crippen molar-refractivity contribution in [1.29, 1.82) is 0 Å². The molecule has 0 saturated heterocycles. The van der Waals surface area contributed by atoms with Crippen molar-refractivity contribution >= 4 is 5.97 Å². The van der Waals surface area contributed by atoms with Crippen LogP contribution in [0.15, 0.2) is 53.7 Å². The molecule has 0 aliphatic heterocycles. The molecule has 0 amide bonds. The number of hydrogen-bond donors (Lipinski definition) is 0. The van der Waals surface area contributed by atoms with Gasteiger partial charge in [-0.15, -0.1) is 0 Å². The minimum Gasteiger partial charge on any atom is -0.459 e. The molecule has 0 saturated carbocycles. The topological polar surface area (TPSA) is 61.2 Å². The Bertz CT molecular complexity index is 578. The lowest BCUT2D eigenvalue weighted by atomic mass is 10.2. The summed E-state index contributed by atoms with van der Waals surface area (Å²) in [4.78, 5) is 26.6. The van der Waals surface area contributed by atoms with Crippen molar-refractivity contribution in [2.24, 2.45) is 0 Å². The second-order valence-electron chi connectivity index (χ2n) is 3.69. The highest BCUT2D eigenvalue weighted by Crippen LogP contribution is 2.00. The van der Waals surface area contributed by atoms with E-state index < -0.39 is 5.97 Å². The molecule has 0 radical (unpaired) electrons. The first kappa shape index (κ1) is 12.0. The first-order valence-corrected chi connectivity index (χ1v) is 5.46. The van der Waals surface area contributed by atoms with Crippen LogP contribution in [0.4, 0.5) is 0 Å². The average molecular weight is 244 g/mol. The highest BCUT2D eigenvalue weighted by molar-refractivity contribution is 5.69. The van der Waals surface area contributed by atoms with Crippen LogP contribution in [-0.2, 0) is 22.7 Å². The van der Waals surface area contributed by atoms with Gasteiger partial charge in [0.05, 0.1) is 6.33 Å². The number of ether oxygens (including phenoxy) is 1. The molecule has 2 aromatic rings. The predicted molar refractivity (Wildman–Crippen MR) is 64.7 cm³/mol. The van der Waals surface area contributed by atoms with Gasteiger partial charge in [0.2, 0.25) is 0 Å². The molecule has 1 aromatic carbocycles. The van der Waals surface area contributed by atoms with Gasteiger partial charge < -0.3 is 4.74 Å². The van der Waals surface area contributed by atoms with Gasteiger partial charge in [0.15, 0.2) is 0 Å². The van der Waals surface area contributed by atoms with Crippen LogP contribution in [0.25, 0.3) is 0 Å². The molecular formula is C13H12N2O3. The molecule has 0 aliphatic rings. The van der Waals surface area contributed by atoms with Crippen molar-refractivity contribution in [2.75, 3.05) is 0 Å². The number of carbonyl (C=O) groups excluding carboxylic acids is 1. The van der Waals surface area contributed by atoms with Crippen molar-refractivity contribution in [1.82, 2.24) is 9.55 Å². The van der Waals surface area contributed by atoms with Crippen molar-refractivity contribution in [3.8, 4) is 0 Å². The van der Waals surface area contributed by atoms with E-state index in [4.69, 9.17) is 4.74 Å². The minimum absolute atomic E-state index is 0.125. The fourth-order valence-electron chi connectivity index (χ4n) is 1.42. The summed E-state index contributed by atoms with van der Waals surface area (Å²) in [6, 6.07) is 10.7. The molecule has 92 valence electrons. The molecule has 1 aromatic heterocycles. The van der Waals surface area contributed by atoms with Gasteiger partial charge in [0, 0.05) is 12.3 Å². The normalized spacial score (nSPS) is 10.0. The van der Waals surface area contributed by atoms with Gasteiger partial charge in [0.25, 0.3) is 5.56 Å². The number of aromatic nitrogens is 2. The standard InChI is InChI=1S/C13H12N2O3/c16-12-6-7-14-10-15(12)8-13(17)18-9-11-4-2-1-3-5-11/h1-7,10H,8-9H2. The Morgan fingerprint density at radius 1 is 1.22 bits per heavy atom. The summed E-state index contributed by atoms with van der Waals surface area (Å²) in [5.74, 6) is -0.464. The van der Waals surface area contributed by atoms with Crippen LogP contribution in [0.1, 0.15) is 5.56 Å². The Labute approximate surface area is 104 Å². The zero-order valence-corrected chi connectivity index (χ0v) is 9.65. The molecule has 0 aliphatic carbocycles. The van der Waals surface area contributed by atoms with Gasteiger partial charge in [-0.25, -0.2) is 4.98 Å². The maximum absolute atomic E-state index is 11.5. The first-order valence-electron chi connectivity index (χ1n) is 5.46. The van der Waals surface area contributed by atoms with Gasteiger partial charge in [-0.3, -0.25) is 14.2 Å². The quantitative estimate of drug-likeness (QED) is 0.752. The number of rotatable bonds is 4. The van der Waals surface area contributed by atoms with E-state index in [1.54, 1.807) is 0 Å². The smallest absolute Gasteiger partial charge is 0.326 e. The molecule has 5 heteroatoms. The minimum atomic E-state index is -0.464. The molecule has 18 heavy (non-hydrogen) atoms. The van der Waals surface area contributed by atoms with Crippen LogP contribution in [0.3, 0.4) is 0 Å². The third-order valence-electron chi connectivity index (χ3n) is 2.33. The molecule has 0 spiro atoms. The summed E-state index contributed by atoms with van der Waals surface area (Å²) in [5, 5.41) is 0. The number of benzene rings is 1. The number of esters is 1. The molecule has 0 atom stereocenters. The van der Waals surface area contributed by atoms with Gasteiger partial charge in [-0.1, -0.05) is 30.3 Å². The first-order chi connectivity index (χ1) is 8.75.